The molecule has 148 valence electrons. The van der Waals surface area contributed by atoms with Gasteiger partial charge < -0.3 is 19.3 Å². The molecule has 1 aliphatic heterocycles. The van der Waals surface area contributed by atoms with Crippen LogP contribution in [0.15, 0.2) is 48.5 Å². The van der Waals surface area contributed by atoms with Gasteiger partial charge in [-0.1, -0.05) is 24.3 Å². The number of amides is 2. The van der Waals surface area contributed by atoms with E-state index in [2.05, 4.69) is 0 Å². The summed E-state index contributed by atoms with van der Waals surface area (Å²) >= 11 is 0. The van der Waals surface area contributed by atoms with Crippen molar-refractivity contribution in [1.82, 2.24) is 4.90 Å². The van der Waals surface area contributed by atoms with E-state index in [4.69, 9.17) is 9.47 Å². The highest BCUT2D eigenvalue weighted by Crippen LogP contribution is 2.33. The third-order valence-electron chi connectivity index (χ3n) is 4.86. The van der Waals surface area contributed by atoms with Gasteiger partial charge in [-0.25, -0.2) is 0 Å². The molecule has 0 saturated carbocycles. The van der Waals surface area contributed by atoms with E-state index in [-0.39, 0.29) is 24.2 Å². The first-order valence-electron chi connectivity index (χ1n) is 9.43. The number of hydrogen-bond donors (Lipinski definition) is 0. The molecule has 6 heteroatoms. The Morgan fingerprint density at radius 3 is 2.75 bits per heavy atom. The molecule has 1 saturated heterocycles. The van der Waals surface area contributed by atoms with Crippen molar-refractivity contribution < 1.29 is 19.1 Å². The van der Waals surface area contributed by atoms with Gasteiger partial charge in [0, 0.05) is 26.6 Å². The van der Waals surface area contributed by atoms with Crippen LogP contribution in [0.5, 0.6) is 11.5 Å². The van der Waals surface area contributed by atoms with E-state index >= 15 is 0 Å². The third-order valence-corrected chi connectivity index (χ3v) is 4.86. The smallest absolute Gasteiger partial charge is 0.228 e. The lowest BCUT2D eigenvalue weighted by atomic mass is 10.1. The monoisotopic (exact) mass is 382 g/mol. The first-order valence-corrected chi connectivity index (χ1v) is 9.43. The quantitative estimate of drug-likeness (QED) is 0.738. The molecule has 2 aromatic carbocycles. The maximum atomic E-state index is 12.9. The van der Waals surface area contributed by atoms with Crippen molar-refractivity contribution in [2.24, 2.45) is 5.92 Å². The third kappa shape index (κ3) is 4.27. The van der Waals surface area contributed by atoms with Gasteiger partial charge >= 0.3 is 0 Å². The van der Waals surface area contributed by atoms with Crippen LogP contribution < -0.4 is 14.4 Å². The van der Waals surface area contributed by atoms with Gasteiger partial charge in [-0.3, -0.25) is 9.59 Å². The van der Waals surface area contributed by atoms with Gasteiger partial charge in [0.05, 0.1) is 25.3 Å². The zero-order chi connectivity index (χ0) is 20.1. The van der Waals surface area contributed by atoms with Crippen molar-refractivity contribution in [3.8, 4) is 11.5 Å². The number of para-hydroxylation sites is 2. The lowest BCUT2D eigenvalue weighted by Gasteiger charge is -2.22. The van der Waals surface area contributed by atoms with Crippen LogP contribution in [0.3, 0.4) is 0 Å². The van der Waals surface area contributed by atoms with Crippen LogP contribution >= 0.6 is 0 Å². The van der Waals surface area contributed by atoms with E-state index < -0.39 is 0 Å². The van der Waals surface area contributed by atoms with E-state index in [1.165, 1.54) is 0 Å². The molecule has 1 atom stereocenters. The van der Waals surface area contributed by atoms with Gasteiger partial charge in [0.15, 0.2) is 0 Å². The fourth-order valence-electron chi connectivity index (χ4n) is 3.50. The summed E-state index contributed by atoms with van der Waals surface area (Å²) in [5, 5.41) is 0. The zero-order valence-electron chi connectivity index (χ0n) is 16.6. The second-order valence-electron chi connectivity index (χ2n) is 6.85. The number of benzene rings is 2. The minimum atomic E-state index is -0.363. The molecule has 0 spiro atoms. The van der Waals surface area contributed by atoms with Crippen LogP contribution in [0.2, 0.25) is 0 Å². The van der Waals surface area contributed by atoms with Crippen molar-refractivity contribution in [3.63, 3.8) is 0 Å². The van der Waals surface area contributed by atoms with Gasteiger partial charge in [-0.2, -0.15) is 0 Å². The molecule has 2 amide bonds. The molecule has 28 heavy (non-hydrogen) atoms. The predicted octanol–water partition coefficient (Wildman–Crippen LogP) is 3.11. The highest BCUT2D eigenvalue weighted by atomic mass is 16.5. The second kappa shape index (κ2) is 8.78. The molecule has 1 fully saturated rings. The first-order chi connectivity index (χ1) is 13.5. The number of carbonyl (C=O) groups excluding carboxylic acids is 2. The molecule has 1 aliphatic rings. The van der Waals surface area contributed by atoms with Crippen molar-refractivity contribution in [2.75, 3.05) is 32.2 Å². The Balaban J connectivity index is 1.69. The Morgan fingerprint density at radius 2 is 2.00 bits per heavy atom. The first kappa shape index (κ1) is 19.7. The van der Waals surface area contributed by atoms with Gasteiger partial charge in [-0.05, 0) is 36.8 Å². The maximum Gasteiger partial charge on any atom is 0.228 e. The molecule has 0 N–H and O–H groups in total. The summed E-state index contributed by atoms with van der Waals surface area (Å²) in [4.78, 5) is 28.8. The minimum Gasteiger partial charge on any atom is -0.497 e. The maximum absolute atomic E-state index is 12.9. The van der Waals surface area contributed by atoms with Crippen LogP contribution in [0.4, 0.5) is 5.69 Å². The van der Waals surface area contributed by atoms with E-state index in [0.29, 0.717) is 25.4 Å². The van der Waals surface area contributed by atoms with Gasteiger partial charge in [0.2, 0.25) is 11.8 Å². The average Bonchev–Trinajstić information content (AvgIpc) is 3.09. The molecule has 0 aliphatic carbocycles. The predicted molar refractivity (Wildman–Crippen MR) is 108 cm³/mol. The van der Waals surface area contributed by atoms with Crippen molar-refractivity contribution >= 4 is 17.5 Å². The zero-order valence-corrected chi connectivity index (χ0v) is 16.6. The number of rotatable bonds is 7. The average molecular weight is 382 g/mol. The minimum absolute atomic E-state index is 0.0347. The van der Waals surface area contributed by atoms with E-state index in [1.807, 2.05) is 55.5 Å². The second-order valence-corrected chi connectivity index (χ2v) is 6.85. The standard InChI is InChI=1S/C22H26N2O4/c1-4-28-20-11-6-5-10-19(20)24-15-17(13-21(24)25)22(26)23(2)14-16-8-7-9-18(12-16)27-3/h5-12,17H,4,13-15H2,1-3H3. The fraction of sp³-hybridized carbons (Fsp3) is 0.364. The van der Waals surface area contributed by atoms with Gasteiger partial charge in [-0.15, -0.1) is 0 Å². The number of nitrogens with zero attached hydrogens (tertiary/aromatic N) is 2. The molecule has 6 nitrogen and oxygen atoms in total. The molecule has 1 unspecified atom stereocenters. The van der Waals surface area contributed by atoms with E-state index in [0.717, 1.165) is 17.0 Å². The summed E-state index contributed by atoms with van der Waals surface area (Å²) < 4.78 is 10.9. The Bertz CT molecular complexity index is 852. The summed E-state index contributed by atoms with van der Waals surface area (Å²) in [6.07, 6.45) is 0.210. The number of carbonyl (C=O) groups is 2. The molecule has 1 heterocycles. The molecule has 0 radical (unpaired) electrons. The Morgan fingerprint density at radius 1 is 1.21 bits per heavy atom. The number of hydrogen-bond acceptors (Lipinski definition) is 4. The molecule has 3 rings (SSSR count). The molecular formula is C22H26N2O4. The van der Waals surface area contributed by atoms with E-state index in [1.54, 1.807) is 24.0 Å². The number of methoxy groups -OCH3 is 1. The SMILES string of the molecule is CCOc1ccccc1N1CC(C(=O)N(C)Cc2cccc(OC)c2)CC1=O. The summed E-state index contributed by atoms with van der Waals surface area (Å²) in [5.41, 5.74) is 1.71. The lowest BCUT2D eigenvalue weighted by molar-refractivity contribution is -0.135. The Hall–Kier alpha value is -3.02. The van der Waals surface area contributed by atoms with Gasteiger partial charge in [0.25, 0.3) is 0 Å². The van der Waals surface area contributed by atoms with Crippen LogP contribution in [0.1, 0.15) is 18.9 Å². The highest BCUT2D eigenvalue weighted by Gasteiger charge is 2.37. The summed E-state index contributed by atoms with van der Waals surface area (Å²) in [6.45, 7) is 3.26. The topological polar surface area (TPSA) is 59.1 Å². The molecular weight excluding hydrogens is 356 g/mol. The van der Waals surface area contributed by atoms with Crippen LogP contribution in [0.25, 0.3) is 0 Å². The van der Waals surface area contributed by atoms with Crippen molar-refractivity contribution in [1.29, 1.82) is 0 Å². The Kier molecular flexibility index (Phi) is 6.19. The lowest BCUT2D eigenvalue weighted by Crippen LogP contribution is -2.34. The normalized spacial score (nSPS) is 16.2. The fourth-order valence-corrected chi connectivity index (χ4v) is 3.50. The highest BCUT2D eigenvalue weighted by molar-refractivity contribution is 6.01. The summed E-state index contributed by atoms with van der Waals surface area (Å²) in [6, 6.07) is 15.1. The van der Waals surface area contributed by atoms with Crippen LogP contribution in [0, 0.1) is 5.92 Å². The number of anilines is 1. The number of ether oxygens (including phenoxy) is 2. The van der Waals surface area contributed by atoms with Crippen molar-refractivity contribution in [3.05, 3.63) is 54.1 Å². The summed E-state index contributed by atoms with van der Waals surface area (Å²) in [5.74, 6) is 0.968. The van der Waals surface area contributed by atoms with Crippen LogP contribution in [-0.2, 0) is 16.1 Å². The van der Waals surface area contributed by atoms with Crippen molar-refractivity contribution in [2.45, 2.75) is 19.9 Å². The van der Waals surface area contributed by atoms with E-state index in [9.17, 15) is 9.59 Å². The Labute approximate surface area is 165 Å². The van der Waals surface area contributed by atoms with Crippen LogP contribution in [-0.4, -0.2) is 44.0 Å². The molecule has 0 bridgehead atoms. The summed E-state index contributed by atoms with van der Waals surface area (Å²) in [7, 11) is 3.38. The largest absolute Gasteiger partial charge is 0.497 e. The molecule has 2 aromatic rings. The molecule has 0 aromatic heterocycles. The van der Waals surface area contributed by atoms with Gasteiger partial charge in [0.1, 0.15) is 11.5 Å².